The third kappa shape index (κ3) is 2.17. The fourth-order valence-electron chi connectivity index (χ4n) is 1.18. The van der Waals surface area contributed by atoms with Crippen LogP contribution in [-0.4, -0.2) is 8.42 Å². The third-order valence-electron chi connectivity index (χ3n) is 1.88. The Morgan fingerprint density at radius 2 is 2.00 bits per heavy atom. The van der Waals surface area contributed by atoms with Gasteiger partial charge in [0.1, 0.15) is 4.90 Å². The Morgan fingerprint density at radius 1 is 1.43 bits per heavy atom. The number of benzene rings is 1. The van der Waals surface area contributed by atoms with Gasteiger partial charge in [-0.25, -0.2) is 13.6 Å². The number of sulfonamides is 1. The van der Waals surface area contributed by atoms with Crippen LogP contribution >= 0.6 is 11.6 Å². The minimum atomic E-state index is -3.80. The average Bonchev–Trinajstić information content (AvgIpc) is 2.06. The van der Waals surface area contributed by atoms with Crippen LogP contribution in [0, 0.1) is 0 Å². The normalized spacial score (nSPS) is 11.6. The topological polar surface area (TPSA) is 86.2 Å². The van der Waals surface area contributed by atoms with Crippen molar-refractivity contribution >= 4 is 27.3 Å². The van der Waals surface area contributed by atoms with Crippen molar-refractivity contribution in [3.8, 4) is 0 Å². The van der Waals surface area contributed by atoms with E-state index in [2.05, 4.69) is 0 Å². The van der Waals surface area contributed by atoms with Crippen LogP contribution in [0.2, 0.25) is 5.02 Å². The summed E-state index contributed by atoms with van der Waals surface area (Å²) in [5, 5.41) is 5.30. The molecular weight excluding hydrogens is 224 g/mol. The minimum Gasteiger partial charge on any atom is -0.397 e. The van der Waals surface area contributed by atoms with Crippen LogP contribution in [0.4, 0.5) is 5.69 Å². The smallest absolute Gasteiger partial charge is 0.240 e. The SMILES string of the molecule is CCc1cc(Cl)cc(S(N)(=O)=O)c1N. The highest BCUT2D eigenvalue weighted by molar-refractivity contribution is 7.89. The molecule has 0 aliphatic carbocycles. The lowest BCUT2D eigenvalue weighted by atomic mass is 10.1. The summed E-state index contributed by atoms with van der Waals surface area (Å²) in [6.07, 6.45) is 0.606. The first-order valence-corrected chi connectivity index (χ1v) is 5.89. The number of anilines is 1. The van der Waals surface area contributed by atoms with Gasteiger partial charge in [-0.15, -0.1) is 0 Å². The number of aryl methyl sites for hydroxylation is 1. The summed E-state index contributed by atoms with van der Waals surface area (Å²) in [6, 6.07) is 2.89. The molecule has 0 saturated heterocycles. The van der Waals surface area contributed by atoms with Crippen molar-refractivity contribution in [2.24, 2.45) is 5.14 Å². The van der Waals surface area contributed by atoms with E-state index in [4.69, 9.17) is 22.5 Å². The summed E-state index contributed by atoms with van der Waals surface area (Å²) in [5.74, 6) is 0. The highest BCUT2D eigenvalue weighted by atomic mass is 35.5. The fourth-order valence-corrected chi connectivity index (χ4v) is 2.21. The van der Waals surface area contributed by atoms with Crippen LogP contribution in [0.3, 0.4) is 0 Å². The first-order valence-electron chi connectivity index (χ1n) is 3.97. The number of halogens is 1. The molecule has 6 heteroatoms. The zero-order chi connectivity index (χ0) is 10.9. The highest BCUT2D eigenvalue weighted by Gasteiger charge is 2.15. The van der Waals surface area contributed by atoms with E-state index in [9.17, 15) is 8.42 Å². The quantitative estimate of drug-likeness (QED) is 0.753. The van der Waals surface area contributed by atoms with E-state index in [1.165, 1.54) is 6.07 Å². The molecule has 78 valence electrons. The van der Waals surface area contributed by atoms with E-state index in [1.54, 1.807) is 6.07 Å². The summed E-state index contributed by atoms with van der Waals surface area (Å²) < 4.78 is 22.2. The molecule has 0 amide bonds. The van der Waals surface area contributed by atoms with Gasteiger partial charge in [-0.1, -0.05) is 18.5 Å². The van der Waals surface area contributed by atoms with Gasteiger partial charge in [0.05, 0.1) is 5.69 Å². The van der Waals surface area contributed by atoms with Crippen LogP contribution in [0.25, 0.3) is 0 Å². The lowest BCUT2D eigenvalue weighted by molar-refractivity contribution is 0.598. The summed E-state index contributed by atoms with van der Waals surface area (Å²) in [6.45, 7) is 1.86. The van der Waals surface area contributed by atoms with E-state index >= 15 is 0 Å². The number of hydrogen-bond acceptors (Lipinski definition) is 3. The van der Waals surface area contributed by atoms with E-state index in [0.717, 1.165) is 0 Å². The maximum atomic E-state index is 11.1. The van der Waals surface area contributed by atoms with Crippen molar-refractivity contribution in [3.63, 3.8) is 0 Å². The van der Waals surface area contributed by atoms with Gasteiger partial charge in [0, 0.05) is 5.02 Å². The van der Waals surface area contributed by atoms with Crippen molar-refractivity contribution in [1.82, 2.24) is 0 Å². The Kier molecular flexibility index (Phi) is 3.04. The molecule has 4 nitrogen and oxygen atoms in total. The van der Waals surface area contributed by atoms with Crippen molar-refractivity contribution < 1.29 is 8.42 Å². The number of nitrogens with two attached hydrogens (primary N) is 2. The molecule has 0 radical (unpaired) electrons. The molecule has 0 bridgehead atoms. The van der Waals surface area contributed by atoms with Gasteiger partial charge in [-0.2, -0.15) is 0 Å². The molecule has 1 aromatic carbocycles. The number of primary sulfonamides is 1. The highest BCUT2D eigenvalue weighted by Crippen LogP contribution is 2.26. The molecule has 0 atom stereocenters. The largest absolute Gasteiger partial charge is 0.397 e. The summed E-state index contributed by atoms with van der Waals surface area (Å²) in [5.41, 5.74) is 6.49. The monoisotopic (exact) mass is 234 g/mol. The van der Waals surface area contributed by atoms with Crippen LogP contribution in [0.5, 0.6) is 0 Å². The van der Waals surface area contributed by atoms with Gasteiger partial charge < -0.3 is 5.73 Å². The fraction of sp³-hybridized carbons (Fsp3) is 0.250. The van der Waals surface area contributed by atoms with E-state index < -0.39 is 10.0 Å². The minimum absolute atomic E-state index is 0.109. The molecule has 0 unspecified atom stereocenters. The molecule has 0 saturated carbocycles. The van der Waals surface area contributed by atoms with Crippen LogP contribution in [-0.2, 0) is 16.4 Å². The molecular formula is C8H11ClN2O2S. The predicted molar refractivity (Wildman–Crippen MR) is 56.6 cm³/mol. The van der Waals surface area contributed by atoms with Gasteiger partial charge in [0.2, 0.25) is 10.0 Å². The maximum absolute atomic E-state index is 11.1. The molecule has 1 rings (SSSR count). The second kappa shape index (κ2) is 3.76. The summed E-state index contributed by atoms with van der Waals surface area (Å²) in [7, 11) is -3.80. The molecule has 1 aromatic rings. The number of nitrogen functional groups attached to an aromatic ring is 1. The zero-order valence-electron chi connectivity index (χ0n) is 7.62. The number of rotatable bonds is 2. The summed E-state index contributed by atoms with van der Waals surface area (Å²) >= 11 is 5.73. The second-order valence-corrected chi connectivity index (χ2v) is 4.84. The van der Waals surface area contributed by atoms with Crippen LogP contribution in [0.15, 0.2) is 17.0 Å². The van der Waals surface area contributed by atoms with Gasteiger partial charge in [0.25, 0.3) is 0 Å². The average molecular weight is 235 g/mol. The lowest BCUT2D eigenvalue weighted by Gasteiger charge is -2.08. The Hall–Kier alpha value is -0.780. The van der Waals surface area contributed by atoms with Crippen molar-refractivity contribution in [3.05, 3.63) is 22.7 Å². The standard InChI is InChI=1S/C8H11ClN2O2S/c1-2-5-3-6(9)4-7(8(5)10)14(11,12)13/h3-4H,2,10H2,1H3,(H2,11,12,13). The Morgan fingerprint density at radius 3 is 2.43 bits per heavy atom. The molecule has 0 heterocycles. The van der Waals surface area contributed by atoms with Gasteiger partial charge in [0.15, 0.2) is 0 Å². The number of hydrogen-bond donors (Lipinski definition) is 2. The first-order chi connectivity index (χ1) is 6.36. The van der Waals surface area contributed by atoms with Crippen molar-refractivity contribution in [1.29, 1.82) is 0 Å². The Balaban J connectivity index is 3.53. The molecule has 0 spiro atoms. The van der Waals surface area contributed by atoms with Crippen LogP contribution < -0.4 is 10.9 Å². The van der Waals surface area contributed by atoms with E-state index in [0.29, 0.717) is 17.0 Å². The maximum Gasteiger partial charge on any atom is 0.240 e. The molecule has 0 aliphatic heterocycles. The first kappa shape index (κ1) is 11.3. The summed E-state index contributed by atoms with van der Waals surface area (Å²) in [4.78, 5) is -0.109. The van der Waals surface area contributed by atoms with Crippen molar-refractivity contribution in [2.75, 3.05) is 5.73 Å². The van der Waals surface area contributed by atoms with Gasteiger partial charge >= 0.3 is 0 Å². The lowest BCUT2D eigenvalue weighted by Crippen LogP contribution is -2.15. The molecule has 0 aliphatic rings. The predicted octanol–water partition coefficient (Wildman–Crippen LogP) is 1.13. The van der Waals surface area contributed by atoms with Crippen molar-refractivity contribution in [2.45, 2.75) is 18.2 Å². The molecule has 4 N–H and O–H groups in total. The Bertz CT molecular complexity index is 457. The Labute approximate surface area is 87.9 Å². The second-order valence-electron chi connectivity index (χ2n) is 2.88. The van der Waals surface area contributed by atoms with Gasteiger partial charge in [-0.3, -0.25) is 0 Å². The molecule has 14 heavy (non-hydrogen) atoms. The molecule has 0 aromatic heterocycles. The van der Waals surface area contributed by atoms with Crippen LogP contribution in [0.1, 0.15) is 12.5 Å². The third-order valence-corrected chi connectivity index (χ3v) is 3.05. The molecule has 0 fully saturated rings. The van der Waals surface area contributed by atoms with Gasteiger partial charge in [-0.05, 0) is 24.1 Å². The van der Waals surface area contributed by atoms with E-state index in [1.807, 2.05) is 6.92 Å². The zero-order valence-corrected chi connectivity index (χ0v) is 9.19. The van der Waals surface area contributed by atoms with E-state index in [-0.39, 0.29) is 10.6 Å².